The molecule has 1 amide bonds. The first-order chi connectivity index (χ1) is 7.84. The van der Waals surface area contributed by atoms with Crippen molar-refractivity contribution in [3.8, 4) is 0 Å². The molecule has 1 aliphatic carbocycles. The van der Waals surface area contributed by atoms with E-state index in [1.807, 2.05) is 0 Å². The molecule has 0 aromatic heterocycles. The highest BCUT2D eigenvalue weighted by atomic mass is 32.2. The van der Waals surface area contributed by atoms with Gasteiger partial charge in [-0.25, -0.2) is 0 Å². The first-order valence-electron chi connectivity index (χ1n) is 6.42. The molecule has 2 aliphatic rings. The molecule has 0 radical (unpaired) electrons. The second-order valence-electron chi connectivity index (χ2n) is 4.88. The molecular weight excluding hydrogens is 220 g/mol. The van der Waals surface area contributed by atoms with Gasteiger partial charge in [0.05, 0.1) is 0 Å². The molecule has 3 nitrogen and oxygen atoms in total. The second kappa shape index (κ2) is 6.50. The van der Waals surface area contributed by atoms with Crippen molar-refractivity contribution in [2.45, 2.75) is 38.1 Å². The summed E-state index contributed by atoms with van der Waals surface area (Å²) in [4.78, 5) is 11.4. The smallest absolute Gasteiger partial charge is 0.220 e. The minimum atomic E-state index is 0.237. The van der Waals surface area contributed by atoms with Crippen LogP contribution in [0.4, 0.5) is 0 Å². The third-order valence-electron chi connectivity index (χ3n) is 3.16. The van der Waals surface area contributed by atoms with Crippen molar-refractivity contribution in [1.29, 1.82) is 0 Å². The third kappa shape index (κ3) is 4.74. The molecule has 1 saturated carbocycles. The van der Waals surface area contributed by atoms with Gasteiger partial charge in [0.15, 0.2) is 0 Å². The van der Waals surface area contributed by atoms with E-state index in [1.165, 1.54) is 30.8 Å². The molecule has 1 unspecified atom stereocenters. The van der Waals surface area contributed by atoms with Crippen molar-refractivity contribution in [2.75, 3.05) is 24.6 Å². The minimum Gasteiger partial charge on any atom is -0.353 e. The van der Waals surface area contributed by atoms with Crippen molar-refractivity contribution in [2.24, 2.45) is 5.92 Å². The SMILES string of the molecule is O=C(CCCNCC1CCSC1)NC1CC1. The number of thioether (sulfide) groups is 1. The highest BCUT2D eigenvalue weighted by Gasteiger charge is 2.22. The lowest BCUT2D eigenvalue weighted by molar-refractivity contribution is -0.121. The van der Waals surface area contributed by atoms with Crippen molar-refractivity contribution >= 4 is 17.7 Å². The summed E-state index contributed by atoms with van der Waals surface area (Å²) in [5.74, 6) is 3.75. The molecule has 0 bridgehead atoms. The van der Waals surface area contributed by atoms with Gasteiger partial charge >= 0.3 is 0 Å². The van der Waals surface area contributed by atoms with Crippen molar-refractivity contribution in [3.05, 3.63) is 0 Å². The lowest BCUT2D eigenvalue weighted by Crippen LogP contribution is -2.28. The van der Waals surface area contributed by atoms with E-state index in [-0.39, 0.29) is 5.91 Å². The average Bonchev–Trinajstić information content (AvgIpc) is 2.93. The van der Waals surface area contributed by atoms with E-state index >= 15 is 0 Å². The molecule has 4 heteroatoms. The summed E-state index contributed by atoms with van der Waals surface area (Å²) in [6, 6.07) is 0.510. The number of hydrogen-bond acceptors (Lipinski definition) is 3. The van der Waals surface area contributed by atoms with Crippen LogP contribution >= 0.6 is 11.8 Å². The summed E-state index contributed by atoms with van der Waals surface area (Å²) in [7, 11) is 0. The van der Waals surface area contributed by atoms with Gasteiger partial charge in [0, 0.05) is 12.5 Å². The first-order valence-corrected chi connectivity index (χ1v) is 7.58. The number of carbonyl (C=O) groups is 1. The fourth-order valence-electron chi connectivity index (χ4n) is 1.95. The maximum Gasteiger partial charge on any atom is 0.220 e. The van der Waals surface area contributed by atoms with Crippen LogP contribution in [-0.2, 0) is 4.79 Å². The zero-order valence-electron chi connectivity index (χ0n) is 9.84. The lowest BCUT2D eigenvalue weighted by atomic mass is 10.1. The predicted octanol–water partition coefficient (Wildman–Crippen LogP) is 1.39. The van der Waals surface area contributed by atoms with Gasteiger partial charge in [-0.1, -0.05) is 0 Å². The Kier molecular flexibility index (Phi) is 4.97. The number of nitrogens with one attached hydrogen (secondary N) is 2. The first kappa shape index (κ1) is 12.2. The zero-order valence-corrected chi connectivity index (χ0v) is 10.7. The Bertz CT molecular complexity index is 225. The van der Waals surface area contributed by atoms with Gasteiger partial charge < -0.3 is 10.6 Å². The highest BCUT2D eigenvalue weighted by molar-refractivity contribution is 7.99. The van der Waals surface area contributed by atoms with Gasteiger partial charge in [-0.2, -0.15) is 11.8 Å². The molecule has 1 atom stereocenters. The summed E-state index contributed by atoms with van der Waals surface area (Å²) in [6.45, 7) is 2.12. The standard InChI is InChI=1S/C12H22N2OS/c15-12(14-11-3-4-11)2-1-6-13-8-10-5-7-16-9-10/h10-11,13H,1-9H2,(H,14,15). The van der Waals surface area contributed by atoms with Gasteiger partial charge in [-0.05, 0) is 56.2 Å². The number of rotatable bonds is 7. The van der Waals surface area contributed by atoms with Gasteiger partial charge in [-0.15, -0.1) is 0 Å². The van der Waals surface area contributed by atoms with Gasteiger partial charge in [0.1, 0.15) is 0 Å². The molecule has 2 fully saturated rings. The Morgan fingerprint density at radius 3 is 2.88 bits per heavy atom. The lowest BCUT2D eigenvalue weighted by Gasteiger charge is -2.09. The van der Waals surface area contributed by atoms with Crippen LogP contribution in [0.1, 0.15) is 32.1 Å². The largest absolute Gasteiger partial charge is 0.353 e. The fraction of sp³-hybridized carbons (Fsp3) is 0.917. The normalized spacial score (nSPS) is 24.6. The van der Waals surface area contributed by atoms with Crippen molar-refractivity contribution in [1.82, 2.24) is 10.6 Å². The highest BCUT2D eigenvalue weighted by Crippen LogP contribution is 2.22. The molecule has 0 aromatic carbocycles. The fourth-order valence-corrected chi connectivity index (χ4v) is 3.24. The molecule has 1 saturated heterocycles. The van der Waals surface area contributed by atoms with Crippen molar-refractivity contribution < 1.29 is 4.79 Å². The van der Waals surface area contributed by atoms with Crippen LogP contribution in [-0.4, -0.2) is 36.5 Å². The summed E-state index contributed by atoms with van der Waals surface area (Å²) in [5.41, 5.74) is 0. The van der Waals surface area contributed by atoms with Gasteiger partial charge in [0.2, 0.25) is 5.91 Å². The van der Waals surface area contributed by atoms with E-state index in [9.17, 15) is 4.79 Å². The number of carbonyl (C=O) groups excluding carboxylic acids is 1. The maximum atomic E-state index is 11.4. The van der Waals surface area contributed by atoms with E-state index in [0.29, 0.717) is 12.5 Å². The zero-order chi connectivity index (χ0) is 11.2. The molecule has 0 spiro atoms. The van der Waals surface area contributed by atoms with Crippen LogP contribution in [0.25, 0.3) is 0 Å². The van der Waals surface area contributed by atoms with Gasteiger partial charge in [0.25, 0.3) is 0 Å². The Hall–Kier alpha value is -0.220. The summed E-state index contributed by atoms with van der Waals surface area (Å²) >= 11 is 2.06. The number of amides is 1. The van der Waals surface area contributed by atoms with Crippen LogP contribution in [0.5, 0.6) is 0 Å². The van der Waals surface area contributed by atoms with Gasteiger partial charge in [-0.3, -0.25) is 4.79 Å². The van der Waals surface area contributed by atoms with Crippen LogP contribution in [0.3, 0.4) is 0 Å². The Balaban J connectivity index is 1.40. The summed E-state index contributed by atoms with van der Waals surface area (Å²) in [5, 5.41) is 6.47. The van der Waals surface area contributed by atoms with Crippen LogP contribution in [0.2, 0.25) is 0 Å². The maximum absolute atomic E-state index is 11.4. The Morgan fingerprint density at radius 2 is 2.19 bits per heavy atom. The third-order valence-corrected chi connectivity index (χ3v) is 4.39. The van der Waals surface area contributed by atoms with E-state index in [0.717, 1.165) is 25.4 Å². The Labute approximate surface area is 102 Å². The van der Waals surface area contributed by atoms with E-state index in [2.05, 4.69) is 22.4 Å². The van der Waals surface area contributed by atoms with Crippen molar-refractivity contribution in [3.63, 3.8) is 0 Å². The molecular formula is C12H22N2OS. The van der Waals surface area contributed by atoms with Crippen LogP contribution in [0, 0.1) is 5.92 Å². The Morgan fingerprint density at radius 1 is 1.31 bits per heavy atom. The molecule has 92 valence electrons. The monoisotopic (exact) mass is 242 g/mol. The van der Waals surface area contributed by atoms with Crippen LogP contribution < -0.4 is 10.6 Å². The van der Waals surface area contributed by atoms with E-state index in [1.54, 1.807) is 0 Å². The molecule has 1 heterocycles. The van der Waals surface area contributed by atoms with Crippen LogP contribution in [0.15, 0.2) is 0 Å². The second-order valence-corrected chi connectivity index (χ2v) is 6.03. The molecule has 16 heavy (non-hydrogen) atoms. The quantitative estimate of drug-likeness (QED) is 0.663. The minimum absolute atomic E-state index is 0.237. The topological polar surface area (TPSA) is 41.1 Å². The summed E-state index contributed by atoms with van der Waals surface area (Å²) < 4.78 is 0. The molecule has 2 rings (SSSR count). The molecule has 2 N–H and O–H groups in total. The predicted molar refractivity (Wildman–Crippen MR) is 68.7 cm³/mol. The van der Waals surface area contributed by atoms with E-state index in [4.69, 9.17) is 0 Å². The van der Waals surface area contributed by atoms with E-state index < -0.39 is 0 Å². The average molecular weight is 242 g/mol. The molecule has 1 aliphatic heterocycles. The molecule has 0 aromatic rings. The summed E-state index contributed by atoms with van der Waals surface area (Å²) in [6.07, 6.45) is 5.38. The number of hydrogen-bond donors (Lipinski definition) is 2.